The van der Waals surface area contributed by atoms with Crippen molar-refractivity contribution in [2.24, 2.45) is 0 Å². The van der Waals surface area contributed by atoms with Gasteiger partial charge in [0.15, 0.2) is 0 Å². The molecule has 1 aromatic heterocycles. The van der Waals surface area contributed by atoms with Crippen molar-refractivity contribution < 1.29 is 0 Å². The number of rotatable bonds is 5. The van der Waals surface area contributed by atoms with Crippen LogP contribution in [-0.2, 0) is 0 Å². The highest BCUT2D eigenvalue weighted by Crippen LogP contribution is 2.34. The van der Waals surface area contributed by atoms with E-state index >= 15 is 0 Å². The van der Waals surface area contributed by atoms with E-state index in [0.717, 1.165) is 4.47 Å². The lowest BCUT2D eigenvalue weighted by Gasteiger charge is -2.28. The van der Waals surface area contributed by atoms with Crippen molar-refractivity contribution in [3.05, 3.63) is 50.6 Å². The summed E-state index contributed by atoms with van der Waals surface area (Å²) in [5, 5.41) is 5.40. The molecule has 0 aliphatic heterocycles. The average Bonchev–Trinajstić information content (AvgIpc) is 2.99. The van der Waals surface area contributed by atoms with Gasteiger partial charge in [-0.3, -0.25) is 0 Å². The van der Waals surface area contributed by atoms with Gasteiger partial charge in [0.05, 0.1) is 11.7 Å². The van der Waals surface area contributed by atoms with Crippen LogP contribution in [0.5, 0.6) is 0 Å². The normalized spacial score (nSPS) is 14.1. The Morgan fingerprint density at radius 3 is 2.55 bits per heavy atom. The van der Waals surface area contributed by atoms with Gasteiger partial charge in [0.2, 0.25) is 0 Å². The third-order valence-corrected chi connectivity index (χ3v) is 5.50. The van der Waals surface area contributed by atoms with Gasteiger partial charge in [-0.15, -0.1) is 11.3 Å². The van der Waals surface area contributed by atoms with Crippen LogP contribution in [0.2, 0.25) is 0 Å². The Labute approximate surface area is 133 Å². The Balaban J connectivity index is 2.24. The summed E-state index contributed by atoms with van der Waals surface area (Å²) in [7, 11) is 4.13. The van der Waals surface area contributed by atoms with Gasteiger partial charge < -0.3 is 10.2 Å². The average molecular weight is 353 g/mol. The SMILES string of the molecule is CNC(C)c1ccc(N(C)C(C)c2cccs2)c(Br)c1. The fraction of sp³-hybridized carbons (Fsp3) is 0.375. The van der Waals surface area contributed by atoms with E-state index in [0.29, 0.717) is 12.1 Å². The molecule has 2 unspecified atom stereocenters. The maximum atomic E-state index is 3.71. The van der Waals surface area contributed by atoms with E-state index in [-0.39, 0.29) is 0 Å². The fourth-order valence-electron chi connectivity index (χ4n) is 2.17. The van der Waals surface area contributed by atoms with Crippen LogP contribution in [-0.4, -0.2) is 14.1 Å². The maximum absolute atomic E-state index is 3.71. The number of thiophene rings is 1. The number of nitrogens with one attached hydrogen (secondary N) is 1. The summed E-state index contributed by atoms with van der Waals surface area (Å²) >= 11 is 5.52. The predicted molar refractivity (Wildman–Crippen MR) is 92.8 cm³/mol. The van der Waals surface area contributed by atoms with Gasteiger partial charge in [0.1, 0.15) is 0 Å². The Hall–Kier alpha value is -0.840. The summed E-state index contributed by atoms with van der Waals surface area (Å²) in [5.74, 6) is 0. The van der Waals surface area contributed by atoms with Crippen LogP contribution in [0, 0.1) is 0 Å². The first-order valence-corrected chi connectivity index (χ1v) is 8.44. The van der Waals surface area contributed by atoms with E-state index in [1.54, 1.807) is 11.3 Å². The predicted octanol–water partition coefficient (Wildman–Crippen LogP) is 4.99. The van der Waals surface area contributed by atoms with Crippen molar-refractivity contribution in [3.63, 3.8) is 0 Å². The Bertz CT molecular complexity index is 554. The molecule has 2 atom stereocenters. The second-order valence-electron chi connectivity index (χ2n) is 5.02. The number of benzene rings is 1. The summed E-state index contributed by atoms with van der Waals surface area (Å²) in [6.45, 7) is 4.40. The molecule has 0 saturated heterocycles. The van der Waals surface area contributed by atoms with E-state index in [9.17, 15) is 0 Å². The molecule has 0 saturated carbocycles. The molecule has 0 spiro atoms. The Morgan fingerprint density at radius 1 is 1.25 bits per heavy atom. The molecular formula is C16H21BrN2S. The highest BCUT2D eigenvalue weighted by atomic mass is 79.9. The first-order valence-electron chi connectivity index (χ1n) is 6.77. The zero-order chi connectivity index (χ0) is 14.7. The molecule has 108 valence electrons. The lowest BCUT2D eigenvalue weighted by molar-refractivity contribution is 0.651. The minimum absolute atomic E-state index is 0.361. The molecule has 4 heteroatoms. The van der Waals surface area contributed by atoms with Crippen LogP contribution in [0.15, 0.2) is 40.2 Å². The second kappa shape index (κ2) is 6.74. The molecular weight excluding hydrogens is 332 g/mol. The molecule has 0 fully saturated rings. The standard InChI is InChI=1S/C16H21BrN2S/c1-11(18-3)13-7-8-15(14(17)10-13)19(4)12(2)16-6-5-9-20-16/h5-12,18H,1-4H3. The van der Waals surface area contributed by atoms with Gasteiger partial charge in [0, 0.05) is 22.4 Å². The molecule has 2 aromatic rings. The molecule has 0 radical (unpaired) electrons. The number of nitrogens with zero attached hydrogens (tertiary/aromatic N) is 1. The van der Waals surface area contributed by atoms with Crippen molar-refractivity contribution in [1.29, 1.82) is 0 Å². The van der Waals surface area contributed by atoms with Gasteiger partial charge in [-0.2, -0.15) is 0 Å². The van der Waals surface area contributed by atoms with Crippen LogP contribution in [0.1, 0.15) is 36.4 Å². The van der Waals surface area contributed by atoms with Crippen molar-refractivity contribution in [3.8, 4) is 0 Å². The molecule has 20 heavy (non-hydrogen) atoms. The van der Waals surface area contributed by atoms with Crippen molar-refractivity contribution in [2.75, 3.05) is 19.0 Å². The summed E-state index contributed by atoms with van der Waals surface area (Å²) < 4.78 is 1.14. The van der Waals surface area contributed by atoms with Crippen LogP contribution >= 0.6 is 27.3 Å². The first-order chi connectivity index (χ1) is 9.54. The van der Waals surface area contributed by atoms with Crippen molar-refractivity contribution in [2.45, 2.75) is 25.9 Å². The largest absolute Gasteiger partial charge is 0.366 e. The minimum atomic E-state index is 0.361. The molecule has 0 aliphatic rings. The highest BCUT2D eigenvalue weighted by Gasteiger charge is 2.16. The van der Waals surface area contributed by atoms with E-state index in [2.05, 4.69) is 82.8 Å². The molecule has 2 nitrogen and oxygen atoms in total. The Kier molecular flexibility index (Phi) is 5.24. The third-order valence-electron chi connectivity index (χ3n) is 3.82. The highest BCUT2D eigenvalue weighted by molar-refractivity contribution is 9.10. The Morgan fingerprint density at radius 2 is 2.00 bits per heavy atom. The van der Waals surface area contributed by atoms with Crippen LogP contribution < -0.4 is 10.2 Å². The first kappa shape index (κ1) is 15.5. The molecule has 0 bridgehead atoms. The fourth-order valence-corrected chi connectivity index (χ4v) is 3.68. The van der Waals surface area contributed by atoms with Gasteiger partial charge in [-0.05, 0) is 66.0 Å². The molecule has 1 heterocycles. The van der Waals surface area contributed by atoms with Crippen molar-refractivity contribution >= 4 is 33.0 Å². The van der Waals surface area contributed by atoms with Crippen LogP contribution in [0.4, 0.5) is 5.69 Å². The lowest BCUT2D eigenvalue weighted by Crippen LogP contribution is -2.21. The summed E-state index contributed by atoms with van der Waals surface area (Å²) in [6, 6.07) is 11.6. The monoisotopic (exact) mass is 352 g/mol. The van der Waals surface area contributed by atoms with E-state index in [4.69, 9.17) is 0 Å². The zero-order valence-corrected chi connectivity index (χ0v) is 14.8. The molecule has 2 rings (SSSR count). The van der Waals surface area contributed by atoms with E-state index in [1.165, 1.54) is 16.1 Å². The number of anilines is 1. The molecule has 1 N–H and O–H groups in total. The van der Waals surface area contributed by atoms with Gasteiger partial charge in [-0.25, -0.2) is 0 Å². The molecule has 0 aliphatic carbocycles. The molecule has 1 aromatic carbocycles. The van der Waals surface area contributed by atoms with Gasteiger partial charge >= 0.3 is 0 Å². The molecule has 0 amide bonds. The smallest absolute Gasteiger partial charge is 0.0604 e. The quantitative estimate of drug-likeness (QED) is 0.815. The van der Waals surface area contributed by atoms with E-state index in [1.807, 2.05) is 7.05 Å². The summed E-state index contributed by atoms with van der Waals surface area (Å²) in [4.78, 5) is 3.69. The van der Waals surface area contributed by atoms with Crippen molar-refractivity contribution in [1.82, 2.24) is 5.32 Å². The zero-order valence-electron chi connectivity index (χ0n) is 12.4. The van der Waals surface area contributed by atoms with Gasteiger partial charge in [0.25, 0.3) is 0 Å². The number of hydrogen-bond donors (Lipinski definition) is 1. The van der Waals surface area contributed by atoms with E-state index < -0.39 is 0 Å². The van der Waals surface area contributed by atoms with Crippen LogP contribution in [0.3, 0.4) is 0 Å². The maximum Gasteiger partial charge on any atom is 0.0604 e. The second-order valence-corrected chi connectivity index (χ2v) is 6.86. The minimum Gasteiger partial charge on any atom is -0.366 e. The van der Waals surface area contributed by atoms with Gasteiger partial charge in [-0.1, -0.05) is 12.1 Å². The topological polar surface area (TPSA) is 15.3 Å². The van der Waals surface area contributed by atoms with Crippen LogP contribution in [0.25, 0.3) is 0 Å². The number of hydrogen-bond acceptors (Lipinski definition) is 3. The number of halogens is 1. The lowest BCUT2D eigenvalue weighted by atomic mass is 10.1. The summed E-state index contributed by atoms with van der Waals surface area (Å²) in [5.41, 5.74) is 2.51. The third kappa shape index (κ3) is 3.25. The summed E-state index contributed by atoms with van der Waals surface area (Å²) in [6.07, 6.45) is 0.